The van der Waals surface area contributed by atoms with Gasteiger partial charge in [0.05, 0.1) is 12.0 Å². The van der Waals surface area contributed by atoms with Gasteiger partial charge in [0.15, 0.2) is 0 Å². The molecule has 0 bridgehead atoms. The second-order valence-corrected chi connectivity index (χ2v) is 3.17. The van der Waals surface area contributed by atoms with Crippen LogP contribution in [0, 0.1) is 6.92 Å². The van der Waals surface area contributed by atoms with Gasteiger partial charge in [-0.2, -0.15) is 0 Å². The summed E-state index contributed by atoms with van der Waals surface area (Å²) in [6.45, 7) is 3.09. The van der Waals surface area contributed by atoms with Gasteiger partial charge in [-0.3, -0.25) is 14.5 Å². The number of hydrogen-bond donors (Lipinski definition) is 0. The molecule has 0 radical (unpaired) electrons. The van der Waals surface area contributed by atoms with Crippen LogP contribution in [-0.4, -0.2) is 33.3 Å². The van der Waals surface area contributed by atoms with Crippen molar-refractivity contribution in [3.05, 3.63) is 17.7 Å². The van der Waals surface area contributed by atoms with E-state index in [4.69, 9.17) is 0 Å². The van der Waals surface area contributed by atoms with Gasteiger partial charge in [-0.1, -0.05) is 0 Å². The zero-order valence-electron chi connectivity index (χ0n) is 8.74. The summed E-state index contributed by atoms with van der Waals surface area (Å²) in [5.41, 5.74) is 1.08. The van der Waals surface area contributed by atoms with Crippen molar-refractivity contribution in [2.45, 2.75) is 13.8 Å². The molecule has 5 nitrogen and oxygen atoms in total. The number of imide groups is 1. The lowest BCUT2D eigenvalue weighted by Gasteiger charge is -2.13. The summed E-state index contributed by atoms with van der Waals surface area (Å²) in [6.07, 6.45) is 1.55. The molecule has 76 valence electrons. The Morgan fingerprint density at radius 3 is 2.43 bits per heavy atom. The first-order valence-corrected chi connectivity index (χ1v) is 4.21. The van der Waals surface area contributed by atoms with E-state index in [9.17, 15) is 9.59 Å². The van der Waals surface area contributed by atoms with Gasteiger partial charge in [-0.25, -0.2) is 4.98 Å². The van der Waals surface area contributed by atoms with Crippen molar-refractivity contribution in [2.75, 3.05) is 7.05 Å². The summed E-state index contributed by atoms with van der Waals surface area (Å²) >= 11 is 0. The zero-order chi connectivity index (χ0) is 10.9. The Morgan fingerprint density at radius 2 is 2.07 bits per heavy atom. The fourth-order valence-corrected chi connectivity index (χ4v) is 1.15. The maximum Gasteiger partial charge on any atom is 0.278 e. The predicted molar refractivity (Wildman–Crippen MR) is 50.7 cm³/mol. The number of carbonyl (C=O) groups is 2. The minimum absolute atomic E-state index is 0.282. The summed E-state index contributed by atoms with van der Waals surface area (Å²) in [7, 11) is 3.18. The quantitative estimate of drug-likeness (QED) is 0.649. The molecular weight excluding hydrogens is 182 g/mol. The van der Waals surface area contributed by atoms with Gasteiger partial charge in [0, 0.05) is 21.0 Å². The van der Waals surface area contributed by atoms with Crippen molar-refractivity contribution >= 4 is 11.8 Å². The van der Waals surface area contributed by atoms with Crippen molar-refractivity contribution in [1.82, 2.24) is 14.5 Å². The van der Waals surface area contributed by atoms with E-state index in [1.807, 2.05) is 0 Å². The molecule has 0 spiro atoms. The Bertz CT molecular complexity index is 362. The highest BCUT2D eigenvalue weighted by molar-refractivity contribution is 6.03. The normalized spacial score (nSPS) is 10.0. The molecule has 0 atom stereocenters. The van der Waals surface area contributed by atoms with Crippen molar-refractivity contribution < 1.29 is 9.59 Å². The molecule has 2 amide bonds. The van der Waals surface area contributed by atoms with Crippen LogP contribution in [0.25, 0.3) is 0 Å². The predicted octanol–water partition coefficient (Wildman–Crippen LogP) is 0.347. The van der Waals surface area contributed by atoms with Crippen LogP contribution in [0.4, 0.5) is 0 Å². The molecule has 0 aliphatic rings. The number of aromatic nitrogens is 2. The Balaban J connectivity index is 3.06. The van der Waals surface area contributed by atoms with Crippen LogP contribution >= 0.6 is 0 Å². The number of carbonyl (C=O) groups excluding carboxylic acids is 2. The summed E-state index contributed by atoms with van der Waals surface area (Å²) in [4.78, 5) is 27.8. The summed E-state index contributed by atoms with van der Waals surface area (Å²) in [5.74, 6) is -0.606. The van der Waals surface area contributed by atoms with E-state index in [1.54, 1.807) is 24.9 Å². The van der Waals surface area contributed by atoms with Crippen molar-refractivity contribution in [2.24, 2.45) is 7.05 Å². The van der Waals surface area contributed by atoms with Gasteiger partial charge in [0.1, 0.15) is 5.69 Å². The molecule has 5 heteroatoms. The first-order chi connectivity index (χ1) is 6.45. The molecule has 0 aromatic carbocycles. The SMILES string of the molecule is CC(=O)N(C)C(=O)c1c(C)ncn1C. The zero-order valence-corrected chi connectivity index (χ0v) is 8.74. The molecule has 1 aromatic heterocycles. The monoisotopic (exact) mass is 195 g/mol. The molecule has 0 saturated heterocycles. The number of aryl methyl sites for hydroxylation is 2. The topological polar surface area (TPSA) is 55.2 Å². The molecule has 0 saturated carbocycles. The molecule has 1 rings (SSSR count). The van der Waals surface area contributed by atoms with Gasteiger partial charge in [0.2, 0.25) is 5.91 Å². The van der Waals surface area contributed by atoms with Crippen LogP contribution in [0.3, 0.4) is 0 Å². The van der Waals surface area contributed by atoms with Crippen LogP contribution < -0.4 is 0 Å². The molecule has 1 aromatic rings. The van der Waals surface area contributed by atoms with E-state index in [0.717, 1.165) is 4.90 Å². The number of nitrogens with zero attached hydrogens (tertiary/aromatic N) is 3. The molecule has 1 heterocycles. The third-order valence-electron chi connectivity index (χ3n) is 2.10. The molecule has 14 heavy (non-hydrogen) atoms. The Kier molecular flexibility index (Phi) is 2.69. The van der Waals surface area contributed by atoms with Gasteiger partial charge in [-0.15, -0.1) is 0 Å². The van der Waals surface area contributed by atoms with E-state index in [-0.39, 0.29) is 11.8 Å². The van der Waals surface area contributed by atoms with E-state index in [0.29, 0.717) is 11.4 Å². The van der Waals surface area contributed by atoms with E-state index >= 15 is 0 Å². The van der Waals surface area contributed by atoms with Crippen LogP contribution in [0.1, 0.15) is 23.1 Å². The number of hydrogen-bond acceptors (Lipinski definition) is 3. The second-order valence-electron chi connectivity index (χ2n) is 3.17. The van der Waals surface area contributed by atoms with Crippen molar-refractivity contribution in [3.63, 3.8) is 0 Å². The highest BCUT2D eigenvalue weighted by Crippen LogP contribution is 2.07. The van der Waals surface area contributed by atoms with Gasteiger partial charge in [0.25, 0.3) is 5.91 Å². The van der Waals surface area contributed by atoms with Crippen LogP contribution in [0.5, 0.6) is 0 Å². The molecule has 0 unspecified atom stereocenters. The highest BCUT2D eigenvalue weighted by atomic mass is 16.2. The molecule has 0 N–H and O–H groups in total. The van der Waals surface area contributed by atoms with Gasteiger partial charge in [-0.05, 0) is 6.92 Å². The summed E-state index contributed by atoms with van der Waals surface area (Å²) in [6, 6.07) is 0. The maximum atomic E-state index is 11.7. The van der Waals surface area contributed by atoms with Crippen molar-refractivity contribution in [3.8, 4) is 0 Å². The van der Waals surface area contributed by atoms with Gasteiger partial charge >= 0.3 is 0 Å². The summed E-state index contributed by atoms with van der Waals surface area (Å²) in [5, 5.41) is 0. The maximum absolute atomic E-state index is 11.7. The number of rotatable bonds is 1. The smallest absolute Gasteiger partial charge is 0.278 e. The van der Waals surface area contributed by atoms with Crippen molar-refractivity contribution in [1.29, 1.82) is 0 Å². The molecule has 0 aliphatic carbocycles. The van der Waals surface area contributed by atoms with Gasteiger partial charge < -0.3 is 4.57 Å². The molecule has 0 aliphatic heterocycles. The highest BCUT2D eigenvalue weighted by Gasteiger charge is 2.20. The van der Waals surface area contributed by atoms with Crippen LogP contribution in [0.2, 0.25) is 0 Å². The largest absolute Gasteiger partial charge is 0.330 e. The fraction of sp³-hybridized carbons (Fsp3) is 0.444. The third-order valence-corrected chi connectivity index (χ3v) is 2.10. The van der Waals surface area contributed by atoms with E-state index < -0.39 is 0 Å². The van der Waals surface area contributed by atoms with E-state index in [1.165, 1.54) is 14.0 Å². The van der Waals surface area contributed by atoms with Crippen LogP contribution in [-0.2, 0) is 11.8 Å². The lowest BCUT2D eigenvalue weighted by Crippen LogP contribution is -2.32. The third kappa shape index (κ3) is 1.66. The summed E-state index contributed by atoms with van der Waals surface area (Å²) < 4.78 is 1.61. The molecule has 0 fully saturated rings. The number of imidazole rings is 1. The lowest BCUT2D eigenvalue weighted by molar-refractivity contribution is -0.125. The fourth-order valence-electron chi connectivity index (χ4n) is 1.15. The first-order valence-electron chi connectivity index (χ1n) is 4.21. The Hall–Kier alpha value is -1.65. The standard InChI is InChI=1S/C9H13N3O2/c1-6-8(11(3)5-10-6)9(14)12(4)7(2)13/h5H,1-4H3. The molecular formula is C9H13N3O2. The number of amides is 2. The van der Waals surface area contributed by atoms with E-state index in [2.05, 4.69) is 4.98 Å². The minimum Gasteiger partial charge on any atom is -0.330 e. The van der Waals surface area contributed by atoms with Crippen LogP contribution in [0.15, 0.2) is 6.33 Å². The Labute approximate surface area is 82.3 Å². The Morgan fingerprint density at radius 1 is 1.50 bits per heavy atom. The first kappa shape index (κ1) is 10.4. The second kappa shape index (κ2) is 3.61. The lowest BCUT2D eigenvalue weighted by atomic mass is 10.3. The minimum atomic E-state index is -0.324. The average Bonchev–Trinajstić information content (AvgIpc) is 2.44. The average molecular weight is 195 g/mol.